The van der Waals surface area contributed by atoms with E-state index in [1.165, 1.54) is 12.1 Å². The fraction of sp³-hybridized carbons (Fsp3) is 0.105. The van der Waals surface area contributed by atoms with Crippen LogP contribution in [0.25, 0.3) is 11.3 Å². The van der Waals surface area contributed by atoms with E-state index in [1.54, 1.807) is 0 Å². The third-order valence-electron chi connectivity index (χ3n) is 3.91. The summed E-state index contributed by atoms with van der Waals surface area (Å²) in [6.45, 7) is -0.269. The number of ketones is 1. The van der Waals surface area contributed by atoms with Gasteiger partial charge in [-0.05, 0) is 30.3 Å². The lowest BCUT2D eigenvalue weighted by molar-refractivity contribution is -0.137. The Balaban J connectivity index is 1.75. The molecule has 0 bridgehead atoms. The monoisotopic (exact) mass is 427 g/mol. The Bertz CT molecular complexity index is 1070. The van der Waals surface area contributed by atoms with Crippen LogP contribution in [-0.4, -0.2) is 22.3 Å². The highest BCUT2D eigenvalue weighted by molar-refractivity contribution is 6.31. The van der Waals surface area contributed by atoms with Crippen molar-refractivity contribution in [3.05, 3.63) is 76.6 Å². The zero-order chi connectivity index (χ0) is 21.2. The SMILES string of the molecule is O=C(CNc1cc(-c2ccc(C(F)(F)F)c(Cl)c2)ncn1)c1ccc(F)c(F)c1. The maximum Gasteiger partial charge on any atom is 0.417 e. The summed E-state index contributed by atoms with van der Waals surface area (Å²) in [6.07, 6.45) is -3.42. The fourth-order valence-electron chi connectivity index (χ4n) is 2.46. The number of carbonyl (C=O) groups excluding carboxylic acids is 1. The van der Waals surface area contributed by atoms with Crippen molar-refractivity contribution in [2.24, 2.45) is 0 Å². The Morgan fingerprint density at radius 2 is 1.76 bits per heavy atom. The molecule has 1 aromatic heterocycles. The van der Waals surface area contributed by atoms with E-state index in [1.807, 2.05) is 0 Å². The van der Waals surface area contributed by atoms with Crippen molar-refractivity contribution in [2.75, 3.05) is 11.9 Å². The largest absolute Gasteiger partial charge is 0.417 e. The van der Waals surface area contributed by atoms with Gasteiger partial charge in [-0.25, -0.2) is 18.7 Å². The van der Waals surface area contributed by atoms with Crippen LogP contribution < -0.4 is 5.32 Å². The van der Waals surface area contributed by atoms with E-state index in [9.17, 15) is 26.7 Å². The van der Waals surface area contributed by atoms with Gasteiger partial charge in [0.2, 0.25) is 0 Å². The van der Waals surface area contributed by atoms with E-state index in [2.05, 4.69) is 15.3 Å². The first-order valence-corrected chi connectivity index (χ1v) is 8.44. The maximum absolute atomic E-state index is 13.2. The van der Waals surface area contributed by atoms with Crippen LogP contribution in [0.4, 0.5) is 27.8 Å². The molecule has 0 saturated carbocycles. The van der Waals surface area contributed by atoms with Crippen molar-refractivity contribution in [1.29, 1.82) is 0 Å². The minimum absolute atomic E-state index is 0.0276. The number of nitrogens with one attached hydrogen (secondary N) is 1. The standard InChI is InChI=1S/C19H11ClF5N3O/c20-13-5-10(1-3-12(13)19(23,24)25)16-7-18(28-9-27-16)26-8-17(29)11-2-4-14(21)15(22)6-11/h1-7,9H,8H2,(H,26,27,28). The number of hydrogen-bond acceptors (Lipinski definition) is 4. The summed E-state index contributed by atoms with van der Waals surface area (Å²) in [5.74, 6) is -2.51. The Hall–Kier alpha value is -3.07. The molecule has 3 aromatic rings. The van der Waals surface area contributed by atoms with Crippen molar-refractivity contribution in [3.8, 4) is 11.3 Å². The zero-order valence-electron chi connectivity index (χ0n) is 14.4. The third kappa shape index (κ3) is 4.86. The van der Waals surface area contributed by atoms with Crippen molar-refractivity contribution in [1.82, 2.24) is 9.97 Å². The molecule has 0 amide bonds. The Kier molecular flexibility index (Phi) is 5.78. The first-order valence-electron chi connectivity index (χ1n) is 8.06. The topological polar surface area (TPSA) is 54.9 Å². The van der Waals surface area contributed by atoms with Gasteiger partial charge in [-0.2, -0.15) is 13.2 Å². The second-order valence-corrected chi connectivity index (χ2v) is 6.29. The summed E-state index contributed by atoms with van der Waals surface area (Å²) in [5, 5.41) is 2.23. The van der Waals surface area contributed by atoms with Gasteiger partial charge in [0, 0.05) is 17.2 Å². The molecular weight excluding hydrogens is 417 g/mol. The van der Waals surface area contributed by atoms with Gasteiger partial charge in [-0.3, -0.25) is 4.79 Å². The molecule has 0 spiro atoms. The van der Waals surface area contributed by atoms with Crippen molar-refractivity contribution < 1.29 is 26.7 Å². The highest BCUT2D eigenvalue weighted by atomic mass is 35.5. The molecule has 0 radical (unpaired) electrons. The van der Waals surface area contributed by atoms with Crippen LogP contribution in [0.5, 0.6) is 0 Å². The first-order chi connectivity index (χ1) is 13.6. The predicted octanol–water partition coefficient (Wildman–Crippen LogP) is 5.39. The van der Waals surface area contributed by atoms with Gasteiger partial charge in [0.25, 0.3) is 0 Å². The van der Waals surface area contributed by atoms with Gasteiger partial charge >= 0.3 is 6.18 Å². The van der Waals surface area contributed by atoms with Gasteiger partial charge in [0.1, 0.15) is 12.1 Å². The van der Waals surface area contributed by atoms with E-state index in [0.29, 0.717) is 5.56 Å². The summed E-state index contributed by atoms with van der Waals surface area (Å²) in [5.41, 5.74) is -0.397. The Morgan fingerprint density at radius 1 is 1.00 bits per heavy atom. The molecule has 0 atom stereocenters. The van der Waals surface area contributed by atoms with Crippen LogP contribution in [0, 0.1) is 11.6 Å². The molecule has 2 aromatic carbocycles. The van der Waals surface area contributed by atoms with Gasteiger partial charge < -0.3 is 5.32 Å². The van der Waals surface area contributed by atoms with E-state index < -0.39 is 34.2 Å². The zero-order valence-corrected chi connectivity index (χ0v) is 15.2. The summed E-state index contributed by atoms with van der Waals surface area (Å²) < 4.78 is 64.6. The van der Waals surface area contributed by atoms with E-state index in [0.717, 1.165) is 36.7 Å². The molecule has 10 heteroatoms. The molecule has 0 aliphatic rings. The second kappa shape index (κ2) is 8.12. The highest BCUT2D eigenvalue weighted by Crippen LogP contribution is 2.36. The lowest BCUT2D eigenvalue weighted by Crippen LogP contribution is -2.15. The molecule has 0 unspecified atom stereocenters. The van der Waals surface area contributed by atoms with Gasteiger partial charge in [-0.15, -0.1) is 0 Å². The van der Waals surface area contributed by atoms with Crippen LogP contribution in [0.1, 0.15) is 15.9 Å². The average Bonchev–Trinajstić information content (AvgIpc) is 2.67. The summed E-state index contributed by atoms with van der Waals surface area (Å²) >= 11 is 5.72. The lowest BCUT2D eigenvalue weighted by atomic mass is 10.1. The van der Waals surface area contributed by atoms with Crippen molar-refractivity contribution in [3.63, 3.8) is 0 Å². The number of nitrogens with zero attached hydrogens (tertiary/aromatic N) is 2. The summed E-state index contributed by atoms with van der Waals surface area (Å²) in [4.78, 5) is 20.0. The van der Waals surface area contributed by atoms with Crippen LogP contribution in [0.3, 0.4) is 0 Å². The predicted molar refractivity (Wildman–Crippen MR) is 96.7 cm³/mol. The normalized spacial score (nSPS) is 11.4. The van der Waals surface area contributed by atoms with Crippen LogP contribution in [-0.2, 0) is 6.18 Å². The quantitative estimate of drug-likeness (QED) is 0.438. The number of aromatic nitrogens is 2. The maximum atomic E-state index is 13.2. The molecule has 1 heterocycles. The van der Waals surface area contributed by atoms with Crippen LogP contribution >= 0.6 is 11.6 Å². The molecule has 0 aliphatic carbocycles. The molecule has 1 N–H and O–H groups in total. The number of benzene rings is 2. The summed E-state index contributed by atoms with van der Waals surface area (Å²) in [7, 11) is 0. The molecule has 0 aliphatic heterocycles. The lowest BCUT2D eigenvalue weighted by Gasteiger charge is -2.11. The molecule has 4 nitrogen and oxygen atoms in total. The number of rotatable bonds is 5. The number of halogens is 6. The number of alkyl halides is 3. The minimum Gasteiger partial charge on any atom is -0.362 e. The molecule has 29 heavy (non-hydrogen) atoms. The van der Waals surface area contributed by atoms with Crippen LogP contribution in [0.15, 0.2) is 48.8 Å². The van der Waals surface area contributed by atoms with Crippen LogP contribution in [0.2, 0.25) is 5.02 Å². The Morgan fingerprint density at radius 3 is 2.41 bits per heavy atom. The van der Waals surface area contributed by atoms with Crippen molar-refractivity contribution in [2.45, 2.75) is 6.18 Å². The smallest absolute Gasteiger partial charge is 0.362 e. The van der Waals surface area contributed by atoms with Crippen molar-refractivity contribution >= 4 is 23.2 Å². The second-order valence-electron chi connectivity index (χ2n) is 5.89. The third-order valence-corrected chi connectivity index (χ3v) is 4.22. The van der Waals surface area contributed by atoms with Gasteiger partial charge in [0.15, 0.2) is 17.4 Å². The average molecular weight is 428 g/mol. The Labute approximate surface area is 166 Å². The molecule has 0 saturated heterocycles. The molecule has 3 rings (SSSR count). The first kappa shape index (κ1) is 20.7. The van der Waals surface area contributed by atoms with E-state index in [4.69, 9.17) is 11.6 Å². The fourth-order valence-corrected chi connectivity index (χ4v) is 2.75. The number of Topliss-reactive ketones (excluding diaryl/α,β-unsaturated/α-hetero) is 1. The number of carbonyl (C=O) groups is 1. The molecule has 150 valence electrons. The van der Waals surface area contributed by atoms with Gasteiger partial charge in [-0.1, -0.05) is 17.7 Å². The van der Waals surface area contributed by atoms with Gasteiger partial charge in [0.05, 0.1) is 22.8 Å². The van der Waals surface area contributed by atoms with E-state index >= 15 is 0 Å². The summed E-state index contributed by atoms with van der Waals surface area (Å²) in [6, 6.07) is 7.39. The minimum atomic E-state index is -4.58. The molecule has 0 fully saturated rings. The molecular formula is C19H11ClF5N3O. The number of hydrogen-bond donors (Lipinski definition) is 1. The number of anilines is 1. The highest BCUT2D eigenvalue weighted by Gasteiger charge is 2.33. The van der Waals surface area contributed by atoms with E-state index in [-0.39, 0.29) is 23.6 Å².